The molecule has 82 valence electrons. The molecule has 0 rings (SSSR count). The summed E-state index contributed by atoms with van der Waals surface area (Å²) in [6, 6.07) is -0.157. The summed E-state index contributed by atoms with van der Waals surface area (Å²) in [5.74, 6) is 0.111. The fraction of sp³-hybridized carbons (Fsp3) is 0.727. The van der Waals surface area contributed by atoms with E-state index < -0.39 is 0 Å². The van der Waals surface area contributed by atoms with Crippen molar-refractivity contribution in [2.24, 2.45) is 5.41 Å². The van der Waals surface area contributed by atoms with Gasteiger partial charge in [0.05, 0.1) is 6.04 Å². The van der Waals surface area contributed by atoms with Gasteiger partial charge in [-0.15, -0.1) is 6.58 Å². The van der Waals surface area contributed by atoms with Gasteiger partial charge in [0.15, 0.2) is 0 Å². The van der Waals surface area contributed by atoms with Crippen LogP contribution < -0.4 is 0 Å². The zero-order valence-corrected chi connectivity index (χ0v) is 10.2. The van der Waals surface area contributed by atoms with Gasteiger partial charge in [-0.25, -0.2) is 0 Å². The Bertz CT molecular complexity index is 219. The molecule has 1 atom stereocenters. The van der Waals surface area contributed by atoms with E-state index in [-0.39, 0.29) is 17.4 Å². The zero-order chi connectivity index (χ0) is 11.5. The van der Waals surface area contributed by atoms with Crippen LogP contribution in [-0.4, -0.2) is 49.9 Å². The van der Waals surface area contributed by atoms with Crippen LogP contribution in [0.25, 0.3) is 0 Å². The molecular weight excluding hydrogens is 176 g/mol. The highest BCUT2D eigenvalue weighted by molar-refractivity contribution is 5.82. The van der Waals surface area contributed by atoms with Crippen molar-refractivity contribution in [1.29, 1.82) is 0 Å². The number of amides is 1. The summed E-state index contributed by atoms with van der Waals surface area (Å²) < 4.78 is 0. The van der Waals surface area contributed by atoms with Crippen LogP contribution in [0.3, 0.4) is 0 Å². The number of nitrogens with zero attached hydrogens (tertiary/aromatic N) is 2. The number of carbonyl (C=O) groups is 1. The minimum atomic E-state index is -0.217. The third kappa shape index (κ3) is 2.84. The van der Waals surface area contributed by atoms with Gasteiger partial charge in [0.1, 0.15) is 0 Å². The molecule has 0 saturated carbocycles. The summed E-state index contributed by atoms with van der Waals surface area (Å²) in [7, 11) is 7.38. The van der Waals surface area contributed by atoms with Crippen molar-refractivity contribution < 1.29 is 4.79 Å². The summed E-state index contributed by atoms with van der Waals surface area (Å²) in [6.07, 6.45) is 1.83. The monoisotopic (exact) mass is 198 g/mol. The SMILES string of the molecule is C=CC(C)(C)C(C(=O)N(C)C)N(C)C. The molecule has 0 heterocycles. The third-order valence-electron chi connectivity index (χ3n) is 2.42. The standard InChI is InChI=1S/C11H22N2O/c1-8-11(2,3)9(12(4)5)10(14)13(6)7/h8-9H,1H2,2-7H3. The molecule has 0 radical (unpaired) electrons. The first-order valence-corrected chi connectivity index (χ1v) is 4.75. The quantitative estimate of drug-likeness (QED) is 0.634. The van der Waals surface area contributed by atoms with E-state index >= 15 is 0 Å². The number of hydrogen-bond donors (Lipinski definition) is 0. The van der Waals surface area contributed by atoms with Gasteiger partial charge in [-0.05, 0) is 14.1 Å². The Morgan fingerprint density at radius 2 is 1.71 bits per heavy atom. The Kier molecular flexibility index (Phi) is 4.33. The normalized spacial score (nSPS) is 13.9. The molecule has 0 aliphatic rings. The highest BCUT2D eigenvalue weighted by Crippen LogP contribution is 2.26. The maximum atomic E-state index is 11.9. The molecule has 0 aliphatic carbocycles. The number of carbonyl (C=O) groups excluding carboxylic acids is 1. The lowest BCUT2D eigenvalue weighted by atomic mass is 9.83. The Balaban J connectivity index is 4.96. The van der Waals surface area contributed by atoms with E-state index in [2.05, 4.69) is 6.58 Å². The largest absolute Gasteiger partial charge is 0.347 e. The second-order valence-electron chi connectivity index (χ2n) is 4.62. The van der Waals surface area contributed by atoms with E-state index in [9.17, 15) is 4.79 Å². The van der Waals surface area contributed by atoms with Gasteiger partial charge in [0.25, 0.3) is 0 Å². The lowest BCUT2D eigenvalue weighted by molar-refractivity contribution is -0.136. The van der Waals surface area contributed by atoms with Gasteiger partial charge < -0.3 is 4.90 Å². The van der Waals surface area contributed by atoms with E-state index in [4.69, 9.17) is 0 Å². The molecule has 0 saturated heterocycles. The van der Waals surface area contributed by atoms with Crippen LogP contribution in [0.2, 0.25) is 0 Å². The predicted octanol–water partition coefficient (Wildman–Crippen LogP) is 1.22. The van der Waals surface area contributed by atoms with E-state index in [0.717, 1.165) is 0 Å². The van der Waals surface area contributed by atoms with Crippen LogP contribution >= 0.6 is 0 Å². The summed E-state index contributed by atoms with van der Waals surface area (Å²) in [4.78, 5) is 15.5. The highest BCUT2D eigenvalue weighted by Gasteiger charge is 2.35. The number of rotatable bonds is 4. The smallest absolute Gasteiger partial charge is 0.240 e. The first kappa shape index (κ1) is 13.2. The van der Waals surface area contributed by atoms with Crippen LogP contribution in [0.15, 0.2) is 12.7 Å². The van der Waals surface area contributed by atoms with Crippen molar-refractivity contribution in [3.05, 3.63) is 12.7 Å². The average Bonchev–Trinajstić information content (AvgIpc) is 2.03. The van der Waals surface area contributed by atoms with Crippen molar-refractivity contribution in [3.63, 3.8) is 0 Å². The number of hydrogen-bond acceptors (Lipinski definition) is 2. The Labute approximate surface area is 87.4 Å². The molecule has 0 aromatic heterocycles. The fourth-order valence-corrected chi connectivity index (χ4v) is 1.56. The predicted molar refractivity (Wildman–Crippen MR) is 60.1 cm³/mol. The molecule has 3 nitrogen and oxygen atoms in total. The minimum Gasteiger partial charge on any atom is -0.347 e. The second kappa shape index (κ2) is 4.60. The second-order valence-corrected chi connectivity index (χ2v) is 4.62. The lowest BCUT2D eigenvalue weighted by Crippen LogP contribution is -2.50. The molecule has 0 fully saturated rings. The van der Waals surface area contributed by atoms with E-state index in [1.807, 2.05) is 38.9 Å². The lowest BCUT2D eigenvalue weighted by Gasteiger charge is -2.36. The van der Waals surface area contributed by atoms with Crippen LogP contribution in [0.4, 0.5) is 0 Å². The van der Waals surface area contributed by atoms with Crippen molar-refractivity contribution in [2.45, 2.75) is 19.9 Å². The van der Waals surface area contributed by atoms with Crippen molar-refractivity contribution in [1.82, 2.24) is 9.80 Å². The molecule has 1 amide bonds. The fourth-order valence-electron chi connectivity index (χ4n) is 1.56. The first-order chi connectivity index (χ1) is 6.24. The average molecular weight is 198 g/mol. The topological polar surface area (TPSA) is 23.6 Å². The molecule has 14 heavy (non-hydrogen) atoms. The molecular formula is C11H22N2O. The van der Waals surface area contributed by atoms with E-state index in [1.165, 1.54) is 0 Å². The Morgan fingerprint density at radius 3 is 1.93 bits per heavy atom. The van der Waals surface area contributed by atoms with E-state index in [1.54, 1.807) is 19.0 Å². The van der Waals surface area contributed by atoms with Crippen LogP contribution in [0, 0.1) is 5.41 Å². The third-order valence-corrected chi connectivity index (χ3v) is 2.42. The van der Waals surface area contributed by atoms with Gasteiger partial charge in [0, 0.05) is 19.5 Å². The molecule has 0 spiro atoms. The van der Waals surface area contributed by atoms with Gasteiger partial charge >= 0.3 is 0 Å². The molecule has 1 unspecified atom stereocenters. The van der Waals surface area contributed by atoms with Crippen molar-refractivity contribution >= 4 is 5.91 Å². The summed E-state index contributed by atoms with van der Waals surface area (Å²) >= 11 is 0. The molecule has 0 aliphatic heterocycles. The first-order valence-electron chi connectivity index (χ1n) is 4.75. The molecule has 0 bridgehead atoms. The van der Waals surface area contributed by atoms with Crippen LogP contribution in [0.1, 0.15) is 13.8 Å². The molecule has 0 aromatic rings. The number of likely N-dealkylation sites (N-methyl/N-ethyl adjacent to an activating group) is 2. The molecule has 0 N–H and O–H groups in total. The van der Waals surface area contributed by atoms with Crippen molar-refractivity contribution in [2.75, 3.05) is 28.2 Å². The summed E-state index contributed by atoms with van der Waals surface area (Å²) in [5, 5.41) is 0. The van der Waals surface area contributed by atoms with Gasteiger partial charge in [-0.1, -0.05) is 19.9 Å². The molecule has 0 aromatic carbocycles. The molecule has 3 heteroatoms. The maximum absolute atomic E-state index is 11.9. The van der Waals surface area contributed by atoms with Crippen LogP contribution in [0.5, 0.6) is 0 Å². The van der Waals surface area contributed by atoms with Gasteiger partial charge in [0.2, 0.25) is 5.91 Å². The van der Waals surface area contributed by atoms with Gasteiger partial charge in [-0.2, -0.15) is 0 Å². The maximum Gasteiger partial charge on any atom is 0.240 e. The van der Waals surface area contributed by atoms with Gasteiger partial charge in [-0.3, -0.25) is 9.69 Å². The Hall–Kier alpha value is -0.830. The highest BCUT2D eigenvalue weighted by atomic mass is 16.2. The van der Waals surface area contributed by atoms with Crippen molar-refractivity contribution in [3.8, 4) is 0 Å². The minimum absolute atomic E-state index is 0.111. The summed E-state index contributed by atoms with van der Waals surface area (Å²) in [6.45, 7) is 7.82. The zero-order valence-electron chi connectivity index (χ0n) is 10.2. The van der Waals surface area contributed by atoms with E-state index in [0.29, 0.717) is 0 Å². The van der Waals surface area contributed by atoms with Crippen LogP contribution in [-0.2, 0) is 4.79 Å². The summed E-state index contributed by atoms with van der Waals surface area (Å²) in [5.41, 5.74) is -0.217. The Morgan fingerprint density at radius 1 is 1.29 bits per heavy atom.